The first-order valence-corrected chi connectivity index (χ1v) is 8.45. The standard InChI is InChI=1S/C17H22ClN5O2/c1-24-13-4-3-12(9-14(13)25-2)11-22-5-7-23(8-6-22)16-10-15(18)20-17(19)21-16/h3-4,9-10H,5-8,11H2,1-2H3,(H2,19,20,21). The molecule has 1 aromatic heterocycles. The molecule has 0 saturated carbocycles. The van der Waals surface area contributed by atoms with Crippen LogP contribution in [0.15, 0.2) is 24.3 Å². The lowest BCUT2D eigenvalue weighted by atomic mass is 10.1. The second kappa shape index (κ2) is 7.76. The number of rotatable bonds is 5. The summed E-state index contributed by atoms with van der Waals surface area (Å²) in [5.74, 6) is 2.48. The molecule has 2 N–H and O–H groups in total. The van der Waals surface area contributed by atoms with Crippen molar-refractivity contribution < 1.29 is 9.47 Å². The van der Waals surface area contributed by atoms with Gasteiger partial charge in [-0.1, -0.05) is 17.7 Å². The molecule has 8 heteroatoms. The highest BCUT2D eigenvalue weighted by atomic mass is 35.5. The predicted octanol–water partition coefficient (Wildman–Crippen LogP) is 2.05. The van der Waals surface area contributed by atoms with Gasteiger partial charge in [-0.2, -0.15) is 4.98 Å². The summed E-state index contributed by atoms with van der Waals surface area (Å²) in [5, 5.41) is 0.371. The maximum atomic E-state index is 5.97. The first-order valence-electron chi connectivity index (χ1n) is 8.07. The molecule has 1 fully saturated rings. The molecule has 1 aliphatic heterocycles. The molecule has 134 valence electrons. The topological polar surface area (TPSA) is 76.7 Å². The Balaban J connectivity index is 1.61. The molecule has 3 rings (SSSR count). The largest absolute Gasteiger partial charge is 0.493 e. The van der Waals surface area contributed by atoms with E-state index in [9.17, 15) is 0 Å². The Bertz CT molecular complexity index is 715. The summed E-state index contributed by atoms with van der Waals surface area (Å²) >= 11 is 5.97. The number of halogens is 1. The number of hydrogen-bond acceptors (Lipinski definition) is 7. The number of nitrogen functional groups attached to an aromatic ring is 1. The Kier molecular flexibility index (Phi) is 5.45. The van der Waals surface area contributed by atoms with E-state index in [1.165, 1.54) is 5.56 Å². The van der Waals surface area contributed by atoms with E-state index in [0.29, 0.717) is 5.15 Å². The summed E-state index contributed by atoms with van der Waals surface area (Å²) in [5.41, 5.74) is 6.88. The number of benzene rings is 1. The molecule has 7 nitrogen and oxygen atoms in total. The van der Waals surface area contributed by atoms with Crippen molar-refractivity contribution in [2.45, 2.75) is 6.54 Å². The van der Waals surface area contributed by atoms with Crippen LogP contribution in [-0.2, 0) is 6.54 Å². The van der Waals surface area contributed by atoms with Crippen LogP contribution < -0.4 is 20.1 Å². The van der Waals surface area contributed by atoms with Crippen LogP contribution in [0.5, 0.6) is 11.5 Å². The summed E-state index contributed by atoms with van der Waals surface area (Å²) in [6, 6.07) is 7.78. The number of aromatic nitrogens is 2. The third-order valence-electron chi connectivity index (χ3n) is 4.25. The van der Waals surface area contributed by atoms with Gasteiger partial charge in [0, 0.05) is 38.8 Å². The number of methoxy groups -OCH3 is 2. The Morgan fingerprint density at radius 3 is 2.40 bits per heavy atom. The zero-order chi connectivity index (χ0) is 17.8. The van der Waals surface area contributed by atoms with Crippen molar-refractivity contribution in [3.8, 4) is 11.5 Å². The van der Waals surface area contributed by atoms with Gasteiger partial charge in [0.25, 0.3) is 0 Å². The molecular weight excluding hydrogens is 342 g/mol. The van der Waals surface area contributed by atoms with Gasteiger partial charge in [-0.05, 0) is 17.7 Å². The van der Waals surface area contributed by atoms with Crippen molar-refractivity contribution in [3.05, 3.63) is 35.0 Å². The highest BCUT2D eigenvalue weighted by molar-refractivity contribution is 6.29. The molecule has 1 saturated heterocycles. The summed E-state index contributed by atoms with van der Waals surface area (Å²) < 4.78 is 10.7. The molecule has 0 amide bonds. The van der Waals surface area contributed by atoms with E-state index in [-0.39, 0.29) is 5.95 Å². The van der Waals surface area contributed by atoms with Crippen LogP contribution in [0.3, 0.4) is 0 Å². The predicted molar refractivity (Wildman–Crippen MR) is 98.5 cm³/mol. The van der Waals surface area contributed by atoms with Crippen LogP contribution >= 0.6 is 11.6 Å². The molecule has 0 spiro atoms. The molecule has 0 unspecified atom stereocenters. The van der Waals surface area contributed by atoms with Crippen molar-refractivity contribution >= 4 is 23.4 Å². The molecule has 1 aromatic carbocycles. The normalized spacial score (nSPS) is 15.2. The second-order valence-corrected chi connectivity index (χ2v) is 6.25. The molecule has 0 radical (unpaired) electrons. The van der Waals surface area contributed by atoms with Gasteiger partial charge in [-0.25, -0.2) is 4.98 Å². The molecule has 2 heterocycles. The lowest BCUT2D eigenvalue weighted by Gasteiger charge is -2.35. The lowest BCUT2D eigenvalue weighted by molar-refractivity contribution is 0.248. The smallest absolute Gasteiger partial charge is 0.223 e. The Morgan fingerprint density at radius 2 is 1.76 bits per heavy atom. The SMILES string of the molecule is COc1ccc(CN2CCN(c3cc(Cl)nc(N)n3)CC2)cc1OC. The van der Waals surface area contributed by atoms with Gasteiger partial charge in [-0.15, -0.1) is 0 Å². The van der Waals surface area contributed by atoms with Crippen LogP contribution in [0.2, 0.25) is 5.15 Å². The van der Waals surface area contributed by atoms with Gasteiger partial charge in [0.2, 0.25) is 5.95 Å². The quantitative estimate of drug-likeness (QED) is 0.814. The highest BCUT2D eigenvalue weighted by Gasteiger charge is 2.19. The zero-order valence-corrected chi connectivity index (χ0v) is 15.2. The first-order chi connectivity index (χ1) is 12.1. The monoisotopic (exact) mass is 363 g/mol. The van der Waals surface area contributed by atoms with Crippen molar-refractivity contribution in [1.82, 2.24) is 14.9 Å². The first kappa shape index (κ1) is 17.6. The Hall–Kier alpha value is -2.25. The van der Waals surface area contributed by atoms with Crippen molar-refractivity contribution in [3.63, 3.8) is 0 Å². The molecule has 1 aliphatic rings. The third kappa shape index (κ3) is 4.24. The zero-order valence-electron chi connectivity index (χ0n) is 14.4. The van der Waals surface area contributed by atoms with E-state index in [2.05, 4.69) is 25.8 Å². The molecule has 25 heavy (non-hydrogen) atoms. The van der Waals surface area contributed by atoms with Crippen LogP contribution in [0.4, 0.5) is 11.8 Å². The van der Waals surface area contributed by atoms with Crippen molar-refractivity contribution in [1.29, 1.82) is 0 Å². The Morgan fingerprint density at radius 1 is 1.04 bits per heavy atom. The fraction of sp³-hybridized carbons (Fsp3) is 0.412. The number of nitrogens with two attached hydrogens (primary N) is 1. The van der Waals surface area contributed by atoms with Gasteiger partial charge >= 0.3 is 0 Å². The van der Waals surface area contributed by atoms with E-state index in [1.807, 2.05) is 12.1 Å². The number of hydrogen-bond donors (Lipinski definition) is 1. The molecular formula is C17H22ClN5O2. The summed E-state index contributed by atoms with van der Waals surface area (Å²) in [6.45, 7) is 4.44. The average Bonchev–Trinajstić information content (AvgIpc) is 2.61. The lowest BCUT2D eigenvalue weighted by Crippen LogP contribution is -2.46. The van der Waals surface area contributed by atoms with Crippen molar-refractivity contribution in [2.75, 3.05) is 51.0 Å². The van der Waals surface area contributed by atoms with Crippen LogP contribution in [0, 0.1) is 0 Å². The minimum atomic E-state index is 0.204. The van der Waals surface area contributed by atoms with Crippen molar-refractivity contribution in [2.24, 2.45) is 0 Å². The van der Waals surface area contributed by atoms with E-state index < -0.39 is 0 Å². The minimum Gasteiger partial charge on any atom is -0.493 e. The van der Waals surface area contributed by atoms with Gasteiger partial charge in [0.15, 0.2) is 11.5 Å². The molecule has 0 aliphatic carbocycles. The van der Waals surface area contributed by atoms with Crippen LogP contribution in [0.1, 0.15) is 5.56 Å². The maximum Gasteiger partial charge on any atom is 0.223 e. The van der Waals surface area contributed by atoms with Gasteiger partial charge < -0.3 is 20.1 Å². The van der Waals surface area contributed by atoms with Crippen LogP contribution in [0.25, 0.3) is 0 Å². The second-order valence-electron chi connectivity index (χ2n) is 5.86. The van der Waals surface area contributed by atoms with Gasteiger partial charge in [-0.3, -0.25) is 4.90 Å². The fourth-order valence-electron chi connectivity index (χ4n) is 2.96. The number of anilines is 2. The highest BCUT2D eigenvalue weighted by Crippen LogP contribution is 2.28. The van der Waals surface area contributed by atoms with E-state index >= 15 is 0 Å². The van der Waals surface area contributed by atoms with E-state index in [0.717, 1.165) is 50.0 Å². The number of nitrogens with zero attached hydrogens (tertiary/aromatic N) is 4. The van der Waals surface area contributed by atoms with Crippen LogP contribution in [-0.4, -0.2) is 55.3 Å². The third-order valence-corrected chi connectivity index (χ3v) is 4.44. The van der Waals surface area contributed by atoms with Gasteiger partial charge in [0.05, 0.1) is 14.2 Å². The fourth-order valence-corrected chi connectivity index (χ4v) is 3.14. The summed E-state index contributed by atoms with van der Waals surface area (Å²) in [6.07, 6.45) is 0. The van der Waals surface area contributed by atoms with Gasteiger partial charge in [0.1, 0.15) is 11.0 Å². The average molecular weight is 364 g/mol. The Labute approximate surface area is 152 Å². The molecule has 0 atom stereocenters. The summed E-state index contributed by atoms with van der Waals surface area (Å²) in [7, 11) is 3.29. The number of piperazine rings is 1. The molecule has 0 bridgehead atoms. The summed E-state index contributed by atoms with van der Waals surface area (Å²) in [4.78, 5) is 12.7. The van der Waals surface area contributed by atoms with E-state index in [1.54, 1.807) is 20.3 Å². The van der Waals surface area contributed by atoms with E-state index in [4.69, 9.17) is 26.8 Å². The molecule has 2 aromatic rings. The minimum absolute atomic E-state index is 0.204. The maximum absolute atomic E-state index is 5.97. The number of ether oxygens (including phenoxy) is 2.